The Bertz CT molecular complexity index is 514. The maximum Gasteiger partial charge on any atom is 0.124 e. The number of hydrogen-bond donors (Lipinski definition) is 3. The summed E-state index contributed by atoms with van der Waals surface area (Å²) in [6.07, 6.45) is 1.75. The van der Waals surface area contributed by atoms with Crippen molar-refractivity contribution >= 4 is 0 Å². The molecule has 0 spiro atoms. The van der Waals surface area contributed by atoms with Crippen LogP contribution in [0.1, 0.15) is 24.2 Å². The Hall–Kier alpha value is -2.07. The highest BCUT2D eigenvalue weighted by atomic mass is 16.3. The third kappa shape index (κ3) is 2.99. The van der Waals surface area contributed by atoms with Gasteiger partial charge in [0.1, 0.15) is 11.5 Å². The Labute approximate surface area is 106 Å². The number of hydrogen-bond acceptors (Lipinski definition) is 4. The highest BCUT2D eigenvalue weighted by Gasteiger charge is 2.10. The van der Waals surface area contributed by atoms with Crippen LogP contribution in [0.3, 0.4) is 0 Å². The Morgan fingerprint density at radius 1 is 1.22 bits per heavy atom. The lowest BCUT2D eigenvalue weighted by atomic mass is 10.1. The van der Waals surface area contributed by atoms with Gasteiger partial charge in [0.25, 0.3) is 0 Å². The largest absolute Gasteiger partial charge is 0.508 e. The molecule has 2 aromatic rings. The SMILES string of the molecule is CC(NCc1ccccn1)c1ccc(O)cc1O. The maximum absolute atomic E-state index is 9.74. The van der Waals surface area contributed by atoms with Crippen molar-refractivity contribution in [2.24, 2.45) is 0 Å². The fourth-order valence-electron chi connectivity index (χ4n) is 1.77. The summed E-state index contributed by atoms with van der Waals surface area (Å²) in [7, 11) is 0. The third-order valence-electron chi connectivity index (χ3n) is 2.80. The van der Waals surface area contributed by atoms with Gasteiger partial charge in [0.2, 0.25) is 0 Å². The van der Waals surface area contributed by atoms with Crippen LogP contribution in [0.5, 0.6) is 11.5 Å². The zero-order chi connectivity index (χ0) is 13.0. The lowest BCUT2D eigenvalue weighted by molar-refractivity contribution is 0.435. The fraction of sp³-hybridized carbons (Fsp3) is 0.214. The topological polar surface area (TPSA) is 65.4 Å². The van der Waals surface area contributed by atoms with Crippen molar-refractivity contribution in [1.82, 2.24) is 10.3 Å². The molecule has 1 aromatic carbocycles. The van der Waals surface area contributed by atoms with Crippen LogP contribution in [0.25, 0.3) is 0 Å². The van der Waals surface area contributed by atoms with Crippen molar-refractivity contribution in [3.05, 3.63) is 53.9 Å². The molecule has 0 aliphatic carbocycles. The molecule has 1 atom stereocenters. The van der Waals surface area contributed by atoms with Gasteiger partial charge < -0.3 is 15.5 Å². The van der Waals surface area contributed by atoms with Crippen molar-refractivity contribution in [1.29, 1.82) is 0 Å². The first-order valence-electron chi connectivity index (χ1n) is 5.82. The number of benzene rings is 1. The predicted octanol–water partition coefficient (Wildman–Crippen LogP) is 2.34. The Kier molecular flexibility index (Phi) is 3.79. The second-order valence-electron chi connectivity index (χ2n) is 4.17. The van der Waals surface area contributed by atoms with Crippen molar-refractivity contribution in [2.45, 2.75) is 19.5 Å². The van der Waals surface area contributed by atoms with Gasteiger partial charge in [0, 0.05) is 30.4 Å². The molecule has 0 aliphatic heterocycles. The molecule has 1 heterocycles. The monoisotopic (exact) mass is 244 g/mol. The first-order valence-corrected chi connectivity index (χ1v) is 5.82. The van der Waals surface area contributed by atoms with Gasteiger partial charge in [0.05, 0.1) is 5.69 Å². The van der Waals surface area contributed by atoms with E-state index in [9.17, 15) is 10.2 Å². The van der Waals surface area contributed by atoms with E-state index >= 15 is 0 Å². The number of aromatic hydroxyl groups is 2. The lowest BCUT2D eigenvalue weighted by Gasteiger charge is -2.15. The third-order valence-corrected chi connectivity index (χ3v) is 2.80. The molecule has 18 heavy (non-hydrogen) atoms. The number of aromatic nitrogens is 1. The lowest BCUT2D eigenvalue weighted by Crippen LogP contribution is -2.18. The second kappa shape index (κ2) is 5.51. The van der Waals surface area contributed by atoms with E-state index in [2.05, 4.69) is 10.3 Å². The van der Waals surface area contributed by atoms with Crippen LogP contribution < -0.4 is 5.32 Å². The van der Waals surface area contributed by atoms with Crippen LogP contribution in [0.4, 0.5) is 0 Å². The van der Waals surface area contributed by atoms with Crippen LogP contribution in [0.2, 0.25) is 0 Å². The molecular weight excluding hydrogens is 228 g/mol. The molecule has 0 bridgehead atoms. The molecule has 0 saturated heterocycles. The van der Waals surface area contributed by atoms with Gasteiger partial charge in [-0.1, -0.05) is 12.1 Å². The van der Waals surface area contributed by atoms with Gasteiger partial charge in [-0.05, 0) is 25.1 Å². The van der Waals surface area contributed by atoms with Gasteiger partial charge in [-0.3, -0.25) is 4.98 Å². The number of nitrogens with one attached hydrogen (secondary N) is 1. The number of pyridine rings is 1. The van der Waals surface area contributed by atoms with Crippen LogP contribution in [-0.2, 0) is 6.54 Å². The molecule has 3 N–H and O–H groups in total. The summed E-state index contributed by atoms with van der Waals surface area (Å²) in [5.74, 6) is 0.157. The van der Waals surface area contributed by atoms with E-state index in [1.54, 1.807) is 18.3 Å². The van der Waals surface area contributed by atoms with Gasteiger partial charge in [-0.25, -0.2) is 0 Å². The first-order chi connectivity index (χ1) is 8.66. The van der Waals surface area contributed by atoms with Gasteiger partial charge in [0.15, 0.2) is 0 Å². The average molecular weight is 244 g/mol. The van der Waals surface area contributed by atoms with E-state index in [0.29, 0.717) is 6.54 Å². The van der Waals surface area contributed by atoms with Crippen molar-refractivity contribution in [3.8, 4) is 11.5 Å². The number of phenolic OH excluding ortho intramolecular Hbond substituents is 2. The molecule has 0 radical (unpaired) electrons. The van der Waals surface area contributed by atoms with Crippen LogP contribution >= 0.6 is 0 Å². The number of nitrogens with zero attached hydrogens (tertiary/aromatic N) is 1. The quantitative estimate of drug-likeness (QED) is 0.772. The summed E-state index contributed by atoms with van der Waals surface area (Å²) in [4.78, 5) is 4.22. The van der Waals surface area contributed by atoms with E-state index in [1.807, 2.05) is 25.1 Å². The van der Waals surface area contributed by atoms with Gasteiger partial charge in [-0.15, -0.1) is 0 Å². The van der Waals surface area contributed by atoms with Crippen LogP contribution in [0, 0.1) is 0 Å². The molecule has 0 fully saturated rings. The molecule has 1 unspecified atom stereocenters. The summed E-state index contributed by atoms with van der Waals surface area (Å²) in [5, 5.41) is 22.3. The standard InChI is InChI=1S/C14H16N2O2/c1-10(13-6-5-12(17)8-14(13)18)16-9-11-4-2-3-7-15-11/h2-8,10,16-18H,9H2,1H3. The smallest absolute Gasteiger partial charge is 0.124 e. The molecule has 94 valence electrons. The Morgan fingerprint density at radius 3 is 2.72 bits per heavy atom. The molecule has 0 saturated carbocycles. The zero-order valence-corrected chi connectivity index (χ0v) is 10.2. The number of rotatable bonds is 4. The molecule has 1 aromatic heterocycles. The minimum Gasteiger partial charge on any atom is -0.508 e. The number of phenols is 2. The highest BCUT2D eigenvalue weighted by molar-refractivity contribution is 5.40. The van der Waals surface area contributed by atoms with E-state index in [0.717, 1.165) is 11.3 Å². The summed E-state index contributed by atoms with van der Waals surface area (Å²) >= 11 is 0. The highest BCUT2D eigenvalue weighted by Crippen LogP contribution is 2.27. The normalized spacial score (nSPS) is 12.3. The van der Waals surface area contributed by atoms with Crippen molar-refractivity contribution < 1.29 is 10.2 Å². The molecule has 2 rings (SSSR count). The van der Waals surface area contributed by atoms with Crippen molar-refractivity contribution in [2.75, 3.05) is 0 Å². The van der Waals surface area contributed by atoms with E-state index < -0.39 is 0 Å². The average Bonchev–Trinajstić information content (AvgIpc) is 2.37. The predicted molar refractivity (Wildman–Crippen MR) is 69.3 cm³/mol. The van der Waals surface area contributed by atoms with E-state index in [-0.39, 0.29) is 17.5 Å². The first kappa shape index (κ1) is 12.4. The fourth-order valence-corrected chi connectivity index (χ4v) is 1.77. The Balaban J connectivity index is 2.01. The zero-order valence-electron chi connectivity index (χ0n) is 10.2. The van der Waals surface area contributed by atoms with Gasteiger partial charge in [-0.2, -0.15) is 0 Å². The second-order valence-corrected chi connectivity index (χ2v) is 4.17. The molecule has 4 nitrogen and oxygen atoms in total. The van der Waals surface area contributed by atoms with Crippen molar-refractivity contribution in [3.63, 3.8) is 0 Å². The summed E-state index contributed by atoms with van der Waals surface area (Å²) in [6, 6.07) is 10.3. The van der Waals surface area contributed by atoms with E-state index in [4.69, 9.17) is 0 Å². The van der Waals surface area contributed by atoms with Crippen LogP contribution in [0.15, 0.2) is 42.6 Å². The summed E-state index contributed by atoms with van der Waals surface area (Å²) in [6.45, 7) is 2.58. The maximum atomic E-state index is 9.74. The van der Waals surface area contributed by atoms with Gasteiger partial charge >= 0.3 is 0 Å². The Morgan fingerprint density at radius 2 is 2.06 bits per heavy atom. The molecular formula is C14H16N2O2. The minimum atomic E-state index is -0.0207. The summed E-state index contributed by atoms with van der Waals surface area (Å²) in [5.41, 5.74) is 1.70. The molecule has 4 heteroatoms. The molecule has 0 amide bonds. The minimum absolute atomic E-state index is 0.0207. The summed E-state index contributed by atoms with van der Waals surface area (Å²) < 4.78 is 0. The van der Waals surface area contributed by atoms with E-state index in [1.165, 1.54) is 6.07 Å². The molecule has 0 aliphatic rings. The van der Waals surface area contributed by atoms with Crippen LogP contribution in [-0.4, -0.2) is 15.2 Å².